The monoisotopic (exact) mass is 338 g/mol. The number of ether oxygens (including phenoxy) is 1. The minimum Gasteiger partial charge on any atom is -0.495 e. The van der Waals surface area contributed by atoms with Gasteiger partial charge >= 0.3 is 5.97 Å². The number of carboxylic acids is 1. The Bertz CT molecular complexity index is 740. The van der Waals surface area contributed by atoms with Crippen LogP contribution in [0, 0.1) is 6.92 Å². The van der Waals surface area contributed by atoms with Crippen molar-refractivity contribution in [1.82, 2.24) is 9.78 Å². The third kappa shape index (κ3) is 2.57. The SMILES string of the molecule is COc1cc(-n2nc(C(=O)O)c(=O)cc2C)ccc1Br. The largest absolute Gasteiger partial charge is 0.495 e. The molecule has 0 saturated heterocycles. The van der Waals surface area contributed by atoms with Crippen molar-refractivity contribution < 1.29 is 14.6 Å². The van der Waals surface area contributed by atoms with Crippen molar-refractivity contribution in [3.63, 3.8) is 0 Å². The number of nitrogens with zero attached hydrogens (tertiary/aromatic N) is 2. The molecule has 0 spiro atoms. The van der Waals surface area contributed by atoms with Gasteiger partial charge in [0, 0.05) is 17.8 Å². The Balaban J connectivity index is 2.66. The molecule has 0 radical (unpaired) electrons. The topological polar surface area (TPSA) is 81.4 Å². The van der Waals surface area contributed by atoms with Crippen LogP contribution in [0.3, 0.4) is 0 Å². The minimum atomic E-state index is -1.35. The minimum absolute atomic E-state index is 0.516. The van der Waals surface area contributed by atoms with E-state index >= 15 is 0 Å². The zero-order valence-corrected chi connectivity index (χ0v) is 12.3. The smallest absolute Gasteiger partial charge is 0.360 e. The highest BCUT2D eigenvalue weighted by Crippen LogP contribution is 2.27. The van der Waals surface area contributed by atoms with E-state index in [1.54, 1.807) is 25.1 Å². The van der Waals surface area contributed by atoms with Crippen LogP contribution in [0.4, 0.5) is 0 Å². The third-order valence-corrected chi connectivity index (χ3v) is 3.34. The Morgan fingerprint density at radius 1 is 1.40 bits per heavy atom. The quantitative estimate of drug-likeness (QED) is 0.925. The number of hydrogen-bond donors (Lipinski definition) is 1. The molecule has 0 atom stereocenters. The number of aromatic nitrogens is 2. The van der Waals surface area contributed by atoms with Crippen LogP contribution >= 0.6 is 15.9 Å². The summed E-state index contributed by atoms with van der Waals surface area (Å²) in [6, 6.07) is 6.43. The van der Waals surface area contributed by atoms with Crippen molar-refractivity contribution in [3.05, 3.63) is 50.3 Å². The zero-order chi connectivity index (χ0) is 14.9. The maximum atomic E-state index is 11.6. The first-order valence-electron chi connectivity index (χ1n) is 5.62. The lowest BCUT2D eigenvalue weighted by Crippen LogP contribution is -2.22. The molecule has 0 fully saturated rings. The number of carboxylic acid groups (broad SMARTS) is 1. The lowest BCUT2D eigenvalue weighted by atomic mass is 10.2. The van der Waals surface area contributed by atoms with Gasteiger partial charge in [-0.25, -0.2) is 9.48 Å². The second kappa shape index (κ2) is 5.46. The molecule has 0 bridgehead atoms. The molecule has 0 unspecified atom stereocenters. The van der Waals surface area contributed by atoms with Crippen LogP contribution < -0.4 is 10.2 Å². The van der Waals surface area contributed by atoms with E-state index in [1.807, 2.05) is 0 Å². The first-order chi connectivity index (χ1) is 9.43. The Labute approximate surface area is 122 Å². The zero-order valence-electron chi connectivity index (χ0n) is 10.8. The molecule has 1 N–H and O–H groups in total. The number of carbonyl (C=O) groups is 1. The number of hydrogen-bond acceptors (Lipinski definition) is 4. The van der Waals surface area contributed by atoms with Gasteiger partial charge in [0.15, 0.2) is 0 Å². The molecule has 1 heterocycles. The Morgan fingerprint density at radius 3 is 2.70 bits per heavy atom. The normalized spacial score (nSPS) is 10.3. The van der Waals surface area contributed by atoms with Gasteiger partial charge in [-0.05, 0) is 35.0 Å². The maximum Gasteiger partial charge on any atom is 0.360 e. The van der Waals surface area contributed by atoms with Gasteiger partial charge in [0.1, 0.15) is 5.75 Å². The average Bonchev–Trinajstić information content (AvgIpc) is 2.39. The van der Waals surface area contributed by atoms with Crippen LogP contribution in [0.2, 0.25) is 0 Å². The molecule has 1 aromatic heterocycles. The molecular weight excluding hydrogens is 328 g/mol. The second-order valence-corrected chi connectivity index (χ2v) is 4.89. The van der Waals surface area contributed by atoms with Gasteiger partial charge < -0.3 is 9.84 Å². The van der Waals surface area contributed by atoms with Crippen LogP contribution in [0.15, 0.2) is 33.5 Å². The molecule has 7 heteroatoms. The Morgan fingerprint density at radius 2 is 2.10 bits per heavy atom. The fourth-order valence-electron chi connectivity index (χ4n) is 1.74. The van der Waals surface area contributed by atoms with Crippen LogP contribution in [0.5, 0.6) is 5.75 Å². The highest BCUT2D eigenvalue weighted by molar-refractivity contribution is 9.10. The number of rotatable bonds is 3. The summed E-state index contributed by atoms with van der Waals surface area (Å²) < 4.78 is 7.34. The van der Waals surface area contributed by atoms with E-state index in [0.717, 1.165) is 4.47 Å². The molecule has 0 aliphatic carbocycles. The summed E-state index contributed by atoms with van der Waals surface area (Å²) in [4.78, 5) is 22.5. The summed E-state index contributed by atoms with van der Waals surface area (Å²) in [7, 11) is 1.53. The first kappa shape index (κ1) is 14.3. The van der Waals surface area contributed by atoms with Gasteiger partial charge in [0.2, 0.25) is 11.1 Å². The summed E-state index contributed by atoms with van der Waals surface area (Å²) in [5.74, 6) is -0.771. The van der Waals surface area contributed by atoms with E-state index in [-0.39, 0.29) is 0 Å². The summed E-state index contributed by atoms with van der Waals surface area (Å²) in [6.07, 6.45) is 0. The van der Waals surface area contributed by atoms with E-state index in [9.17, 15) is 9.59 Å². The average molecular weight is 339 g/mol. The van der Waals surface area contributed by atoms with E-state index in [0.29, 0.717) is 17.1 Å². The number of methoxy groups -OCH3 is 1. The van der Waals surface area contributed by atoms with E-state index < -0.39 is 17.1 Å². The second-order valence-electron chi connectivity index (χ2n) is 4.03. The Kier molecular flexibility index (Phi) is 3.89. The van der Waals surface area contributed by atoms with Gasteiger partial charge in [0.05, 0.1) is 17.3 Å². The van der Waals surface area contributed by atoms with Gasteiger partial charge in [-0.15, -0.1) is 0 Å². The van der Waals surface area contributed by atoms with Crippen molar-refractivity contribution in [1.29, 1.82) is 0 Å². The lowest BCUT2D eigenvalue weighted by molar-refractivity contribution is 0.0686. The van der Waals surface area contributed by atoms with E-state index in [2.05, 4.69) is 21.0 Å². The number of halogens is 1. The van der Waals surface area contributed by atoms with Crippen molar-refractivity contribution in [3.8, 4) is 11.4 Å². The summed E-state index contributed by atoms with van der Waals surface area (Å²) in [5, 5.41) is 12.8. The van der Waals surface area contributed by atoms with Crippen LogP contribution in [-0.2, 0) is 0 Å². The number of aryl methyl sites for hydroxylation is 1. The lowest BCUT2D eigenvalue weighted by Gasteiger charge is -2.12. The molecular formula is C13H11BrN2O4. The van der Waals surface area contributed by atoms with Crippen molar-refractivity contribution in [2.75, 3.05) is 7.11 Å². The molecule has 20 heavy (non-hydrogen) atoms. The molecule has 0 amide bonds. The van der Waals surface area contributed by atoms with Crippen LogP contribution in [0.25, 0.3) is 5.69 Å². The first-order valence-corrected chi connectivity index (χ1v) is 6.41. The molecule has 6 nitrogen and oxygen atoms in total. The van der Waals surface area contributed by atoms with Gasteiger partial charge in [0.25, 0.3) is 0 Å². The summed E-state index contributed by atoms with van der Waals surface area (Å²) in [6.45, 7) is 1.68. The fraction of sp³-hybridized carbons (Fsp3) is 0.154. The van der Waals surface area contributed by atoms with Crippen molar-refractivity contribution >= 4 is 21.9 Å². The highest BCUT2D eigenvalue weighted by atomic mass is 79.9. The predicted molar refractivity (Wildman–Crippen MR) is 75.8 cm³/mol. The van der Waals surface area contributed by atoms with Crippen LogP contribution in [0.1, 0.15) is 16.2 Å². The molecule has 0 aliphatic rings. The van der Waals surface area contributed by atoms with Gasteiger partial charge in [-0.2, -0.15) is 5.10 Å². The summed E-state index contributed by atoms with van der Waals surface area (Å²) in [5.41, 5.74) is 0.00207. The van der Waals surface area contributed by atoms with Crippen molar-refractivity contribution in [2.24, 2.45) is 0 Å². The number of benzene rings is 1. The molecule has 2 rings (SSSR count). The standard InChI is InChI=1S/C13H11BrN2O4/c1-7-5-10(17)12(13(18)19)15-16(7)8-3-4-9(14)11(6-8)20-2/h3-6H,1-2H3,(H,18,19). The molecule has 0 saturated carbocycles. The van der Waals surface area contributed by atoms with Gasteiger partial charge in [-0.3, -0.25) is 4.79 Å². The van der Waals surface area contributed by atoms with Crippen molar-refractivity contribution in [2.45, 2.75) is 6.92 Å². The summed E-state index contributed by atoms with van der Waals surface area (Å²) >= 11 is 3.33. The van der Waals surface area contributed by atoms with E-state index in [1.165, 1.54) is 17.9 Å². The molecule has 104 valence electrons. The highest BCUT2D eigenvalue weighted by Gasteiger charge is 2.14. The predicted octanol–water partition coefficient (Wildman–Crippen LogP) is 2.01. The van der Waals surface area contributed by atoms with E-state index in [4.69, 9.17) is 9.84 Å². The molecule has 2 aromatic rings. The maximum absolute atomic E-state index is 11.6. The molecule has 0 aliphatic heterocycles. The number of aromatic carboxylic acids is 1. The Hall–Kier alpha value is -2.15. The molecule has 1 aromatic carbocycles. The third-order valence-electron chi connectivity index (χ3n) is 2.69. The fourth-order valence-corrected chi connectivity index (χ4v) is 2.15. The van der Waals surface area contributed by atoms with Crippen LogP contribution in [-0.4, -0.2) is 28.0 Å². The van der Waals surface area contributed by atoms with Gasteiger partial charge in [-0.1, -0.05) is 0 Å².